The van der Waals surface area contributed by atoms with E-state index in [1.807, 2.05) is 0 Å². The zero-order chi connectivity index (χ0) is 24.6. The van der Waals surface area contributed by atoms with Gasteiger partial charge in [0, 0.05) is 12.1 Å². The third kappa shape index (κ3) is 7.77. The molecule has 2 aliphatic rings. The predicted molar refractivity (Wildman–Crippen MR) is 147 cm³/mol. The molecule has 4 aromatic heterocycles. The molecule has 3 N–H and O–H groups in total. The molecule has 2 saturated carbocycles. The van der Waals surface area contributed by atoms with Crippen molar-refractivity contribution in [1.82, 2.24) is 29.9 Å². The quantitative estimate of drug-likeness (QED) is 0.192. The van der Waals surface area contributed by atoms with E-state index in [0.29, 0.717) is 28.5 Å². The van der Waals surface area contributed by atoms with Gasteiger partial charge in [-0.2, -0.15) is 15.0 Å². The summed E-state index contributed by atoms with van der Waals surface area (Å²) in [6, 6.07) is 1.05. The number of rotatable bonds is 2. The van der Waals surface area contributed by atoms with Gasteiger partial charge < -0.3 is 11.1 Å². The summed E-state index contributed by atoms with van der Waals surface area (Å²) in [5, 5.41) is 4.25. The molecule has 8 nitrogen and oxygen atoms in total. The maximum atomic E-state index is 5.90. The maximum absolute atomic E-state index is 5.90. The highest BCUT2D eigenvalue weighted by atomic mass is 35.5. The number of anilines is 1. The Labute approximate surface area is 227 Å². The minimum atomic E-state index is 0.133. The van der Waals surface area contributed by atoms with Gasteiger partial charge in [0.2, 0.25) is 10.6 Å². The van der Waals surface area contributed by atoms with Gasteiger partial charge in [0.1, 0.15) is 9.40 Å². The highest BCUT2D eigenvalue weighted by Gasteiger charge is 2.16. The molecule has 35 heavy (non-hydrogen) atoms. The molecule has 0 radical (unpaired) electrons. The van der Waals surface area contributed by atoms with Crippen LogP contribution in [0.25, 0.3) is 20.7 Å². The van der Waals surface area contributed by atoms with E-state index >= 15 is 0 Å². The van der Waals surface area contributed by atoms with Gasteiger partial charge in [0.05, 0.1) is 11.0 Å². The average Bonchev–Trinajstić information content (AvgIpc) is 3.51. The Balaban J connectivity index is 0.000000137. The molecular formula is C22H27Cl3N8S2. The van der Waals surface area contributed by atoms with E-state index in [1.54, 1.807) is 22.4 Å². The van der Waals surface area contributed by atoms with E-state index < -0.39 is 0 Å². The van der Waals surface area contributed by atoms with Gasteiger partial charge >= 0.3 is 0 Å². The lowest BCUT2D eigenvalue weighted by Crippen LogP contribution is -2.22. The van der Waals surface area contributed by atoms with Crippen molar-refractivity contribution in [2.45, 2.75) is 76.3 Å². The summed E-state index contributed by atoms with van der Waals surface area (Å²) < 4.78 is 1.77. The van der Waals surface area contributed by atoms with Crippen LogP contribution >= 0.6 is 57.5 Å². The van der Waals surface area contributed by atoms with Crippen LogP contribution < -0.4 is 11.1 Å². The third-order valence-corrected chi connectivity index (χ3v) is 8.25. The largest absolute Gasteiger partial charge is 0.366 e. The van der Waals surface area contributed by atoms with Gasteiger partial charge in [-0.25, -0.2) is 15.0 Å². The lowest BCUT2D eigenvalue weighted by atomic mass is 9.95. The van der Waals surface area contributed by atoms with E-state index in [2.05, 4.69) is 35.2 Å². The van der Waals surface area contributed by atoms with E-state index in [0.717, 1.165) is 15.2 Å². The molecular weight excluding hydrogens is 547 g/mol. The molecule has 6 rings (SSSR count). The highest BCUT2D eigenvalue weighted by molar-refractivity contribution is 7.17. The van der Waals surface area contributed by atoms with Crippen LogP contribution in [-0.4, -0.2) is 42.0 Å². The summed E-state index contributed by atoms with van der Waals surface area (Å²) in [5.74, 6) is 0.842. The average molecular weight is 574 g/mol. The van der Waals surface area contributed by atoms with E-state index in [4.69, 9.17) is 40.5 Å². The molecule has 0 spiro atoms. The van der Waals surface area contributed by atoms with Crippen molar-refractivity contribution in [1.29, 1.82) is 0 Å². The van der Waals surface area contributed by atoms with E-state index in [9.17, 15) is 0 Å². The molecule has 0 amide bonds. The third-order valence-electron chi connectivity index (χ3n) is 5.89. The maximum Gasteiger partial charge on any atom is 0.226 e. The first-order chi connectivity index (χ1) is 17.0. The normalized spacial score (nSPS) is 16.9. The Morgan fingerprint density at radius 2 is 1.26 bits per heavy atom. The van der Waals surface area contributed by atoms with Crippen LogP contribution in [0.1, 0.15) is 64.2 Å². The topological polar surface area (TPSA) is 115 Å². The Kier molecular flexibility index (Phi) is 10.1. The van der Waals surface area contributed by atoms with Crippen LogP contribution in [0.4, 0.5) is 5.82 Å². The summed E-state index contributed by atoms with van der Waals surface area (Å²) in [4.78, 5) is 24.1. The summed E-state index contributed by atoms with van der Waals surface area (Å²) in [7, 11) is 0. The lowest BCUT2D eigenvalue weighted by Gasteiger charge is -2.23. The number of thiazole rings is 2. The first-order valence-electron chi connectivity index (χ1n) is 11.7. The summed E-state index contributed by atoms with van der Waals surface area (Å²) in [6.07, 6.45) is 13.0. The first kappa shape index (κ1) is 26.6. The zero-order valence-corrected chi connectivity index (χ0v) is 23.0. The predicted octanol–water partition coefficient (Wildman–Crippen LogP) is 7.16. The van der Waals surface area contributed by atoms with Crippen molar-refractivity contribution in [2.75, 3.05) is 5.32 Å². The standard InChI is InChI=1S/C11H13ClN4S.C6H13N.C5HCl2N3S/c12-11-15-9-8(17-6-13-9)10(16-11)14-7-4-2-1-3-5-7;7-6-4-2-1-3-5-6;6-3-2-4(8-1-11-2)10-5(7)9-3/h6-7H,1-5H2,(H,14,15,16);6H,1-5,7H2;1H. The van der Waals surface area contributed by atoms with Crippen molar-refractivity contribution in [3.8, 4) is 0 Å². The molecule has 2 aliphatic carbocycles. The van der Waals surface area contributed by atoms with Crippen LogP contribution in [0.5, 0.6) is 0 Å². The molecule has 0 aliphatic heterocycles. The number of nitrogens with one attached hydrogen (secondary N) is 1. The fourth-order valence-corrected chi connectivity index (χ4v) is 6.07. The second-order valence-corrected chi connectivity index (χ2v) is 11.3. The SMILES string of the molecule is Clc1nc(Cl)c2scnc2n1.Clc1nc(NC2CCCCC2)c2scnc2n1.NC1CCCCC1. The van der Waals surface area contributed by atoms with Gasteiger partial charge in [-0.15, -0.1) is 22.7 Å². The summed E-state index contributed by atoms with van der Waals surface area (Å²) in [5.41, 5.74) is 10.3. The van der Waals surface area contributed by atoms with Gasteiger partial charge in [-0.05, 0) is 48.9 Å². The fourth-order valence-electron chi connectivity index (χ4n) is 4.11. The number of nitrogens with two attached hydrogens (primary N) is 1. The summed E-state index contributed by atoms with van der Waals surface area (Å²) >= 11 is 20.1. The van der Waals surface area contributed by atoms with Crippen LogP contribution in [0, 0.1) is 0 Å². The monoisotopic (exact) mass is 572 g/mol. The van der Waals surface area contributed by atoms with Gasteiger partial charge in [0.25, 0.3) is 0 Å². The number of halogens is 3. The van der Waals surface area contributed by atoms with Crippen LogP contribution in [-0.2, 0) is 0 Å². The van der Waals surface area contributed by atoms with E-state index in [-0.39, 0.29) is 10.6 Å². The summed E-state index contributed by atoms with van der Waals surface area (Å²) in [6.45, 7) is 0. The van der Waals surface area contributed by atoms with Crippen LogP contribution in [0.3, 0.4) is 0 Å². The van der Waals surface area contributed by atoms with Gasteiger partial charge in [-0.3, -0.25) is 0 Å². The Morgan fingerprint density at radius 1 is 0.714 bits per heavy atom. The van der Waals surface area contributed by atoms with E-state index in [1.165, 1.54) is 75.5 Å². The van der Waals surface area contributed by atoms with Crippen molar-refractivity contribution >= 4 is 84.0 Å². The minimum absolute atomic E-state index is 0.133. The van der Waals surface area contributed by atoms with Gasteiger partial charge in [-0.1, -0.05) is 50.1 Å². The smallest absolute Gasteiger partial charge is 0.226 e. The number of hydrogen-bond donors (Lipinski definition) is 2. The molecule has 4 aromatic rings. The molecule has 4 heterocycles. The fraction of sp³-hybridized carbons (Fsp3) is 0.545. The zero-order valence-electron chi connectivity index (χ0n) is 19.1. The Bertz CT molecular complexity index is 1220. The van der Waals surface area contributed by atoms with Crippen LogP contribution in [0.2, 0.25) is 15.7 Å². The number of fused-ring (bicyclic) bond motifs is 2. The van der Waals surface area contributed by atoms with Crippen molar-refractivity contribution in [3.05, 3.63) is 26.7 Å². The molecule has 2 fully saturated rings. The van der Waals surface area contributed by atoms with Crippen molar-refractivity contribution in [2.24, 2.45) is 5.73 Å². The minimum Gasteiger partial charge on any atom is -0.366 e. The Hall–Kier alpha value is -1.43. The van der Waals surface area contributed by atoms with Crippen LogP contribution in [0.15, 0.2) is 11.0 Å². The van der Waals surface area contributed by atoms with Crippen molar-refractivity contribution < 1.29 is 0 Å². The molecule has 13 heteroatoms. The number of aromatic nitrogens is 6. The molecule has 0 bridgehead atoms. The molecule has 0 saturated heterocycles. The second kappa shape index (κ2) is 13.2. The van der Waals surface area contributed by atoms with Gasteiger partial charge in [0.15, 0.2) is 22.3 Å². The molecule has 188 valence electrons. The second-order valence-electron chi connectivity index (χ2n) is 8.51. The number of nitrogens with zero attached hydrogens (tertiary/aromatic N) is 6. The number of hydrogen-bond acceptors (Lipinski definition) is 10. The lowest BCUT2D eigenvalue weighted by molar-refractivity contribution is 0.441. The first-order valence-corrected chi connectivity index (χ1v) is 14.6. The molecule has 0 aromatic carbocycles. The van der Waals surface area contributed by atoms with Crippen molar-refractivity contribution in [3.63, 3.8) is 0 Å². The highest BCUT2D eigenvalue weighted by Crippen LogP contribution is 2.28. The molecule has 0 atom stereocenters. The molecule has 0 unspecified atom stereocenters. The Morgan fingerprint density at radius 3 is 1.86 bits per heavy atom.